The van der Waals surface area contributed by atoms with Crippen LogP contribution in [0.4, 0.5) is 0 Å². The van der Waals surface area contributed by atoms with E-state index < -0.39 is 0 Å². The van der Waals surface area contributed by atoms with E-state index in [9.17, 15) is 5.11 Å². The molecule has 23 heavy (non-hydrogen) atoms. The number of ether oxygens (including phenoxy) is 1. The molecule has 0 heterocycles. The predicted octanol–water partition coefficient (Wildman–Crippen LogP) is 2.23. The molecule has 0 bridgehead atoms. The number of nitrogens with one attached hydrogen (secondary N) is 2. The van der Waals surface area contributed by atoms with Gasteiger partial charge in [-0.25, -0.2) is 4.99 Å². The molecule has 1 saturated carbocycles. The van der Waals surface area contributed by atoms with Gasteiger partial charge in [0.05, 0.1) is 12.6 Å². The van der Waals surface area contributed by atoms with Crippen molar-refractivity contribution in [3.8, 4) is 5.75 Å². The van der Waals surface area contributed by atoms with Gasteiger partial charge in [-0.05, 0) is 51.7 Å². The maximum atomic E-state index is 9.57. The van der Waals surface area contributed by atoms with Crippen molar-refractivity contribution in [1.29, 1.82) is 0 Å². The van der Waals surface area contributed by atoms with E-state index in [0.29, 0.717) is 19.2 Å². The Hall–Kier alpha value is -1.75. The zero-order chi connectivity index (χ0) is 16.5. The first-order chi connectivity index (χ1) is 11.2. The molecule has 1 fully saturated rings. The Morgan fingerprint density at radius 1 is 1.22 bits per heavy atom. The summed E-state index contributed by atoms with van der Waals surface area (Å²) in [6.45, 7) is 6.12. The summed E-state index contributed by atoms with van der Waals surface area (Å²) in [5, 5.41) is 16.3. The zero-order valence-corrected chi connectivity index (χ0v) is 14.2. The van der Waals surface area contributed by atoms with Gasteiger partial charge in [-0.15, -0.1) is 0 Å². The van der Waals surface area contributed by atoms with Crippen LogP contribution in [0.5, 0.6) is 5.75 Å². The van der Waals surface area contributed by atoms with E-state index in [1.165, 1.54) is 5.56 Å². The molecule has 0 aliphatic heterocycles. The highest BCUT2D eigenvalue weighted by Gasteiger charge is 2.19. The molecule has 0 amide bonds. The van der Waals surface area contributed by atoms with Crippen molar-refractivity contribution in [2.45, 2.75) is 51.7 Å². The van der Waals surface area contributed by atoms with Crippen LogP contribution in [0.15, 0.2) is 29.3 Å². The van der Waals surface area contributed by atoms with E-state index in [-0.39, 0.29) is 6.10 Å². The summed E-state index contributed by atoms with van der Waals surface area (Å²) in [4.78, 5) is 4.57. The van der Waals surface area contributed by atoms with Gasteiger partial charge < -0.3 is 20.5 Å². The van der Waals surface area contributed by atoms with Gasteiger partial charge in [-0.3, -0.25) is 0 Å². The lowest BCUT2D eigenvalue weighted by Gasteiger charge is -2.27. The number of benzene rings is 1. The van der Waals surface area contributed by atoms with E-state index in [1.807, 2.05) is 24.3 Å². The molecule has 0 saturated heterocycles. The van der Waals surface area contributed by atoms with Crippen molar-refractivity contribution in [2.75, 3.05) is 19.7 Å². The van der Waals surface area contributed by atoms with Crippen LogP contribution < -0.4 is 15.4 Å². The van der Waals surface area contributed by atoms with Gasteiger partial charge in [-0.1, -0.05) is 17.7 Å². The topological polar surface area (TPSA) is 65.9 Å². The summed E-state index contributed by atoms with van der Waals surface area (Å²) in [5.74, 6) is 1.71. The SMILES string of the molecule is CCNC(=NCCOc1ccc(C)cc1)NC1CCC(O)CC1. The number of hydrogen-bond donors (Lipinski definition) is 3. The molecule has 3 N–H and O–H groups in total. The maximum Gasteiger partial charge on any atom is 0.191 e. The molecule has 0 spiro atoms. The van der Waals surface area contributed by atoms with Crippen molar-refractivity contribution in [1.82, 2.24) is 10.6 Å². The lowest BCUT2D eigenvalue weighted by molar-refractivity contribution is 0.120. The van der Waals surface area contributed by atoms with E-state index in [1.54, 1.807) is 0 Å². The van der Waals surface area contributed by atoms with Crippen LogP contribution in [0.1, 0.15) is 38.2 Å². The Balaban J connectivity index is 1.75. The minimum atomic E-state index is -0.129. The van der Waals surface area contributed by atoms with Crippen molar-refractivity contribution in [3.05, 3.63) is 29.8 Å². The minimum Gasteiger partial charge on any atom is -0.492 e. The molecular weight excluding hydrogens is 290 g/mol. The fourth-order valence-corrected chi connectivity index (χ4v) is 2.69. The average Bonchev–Trinajstić information content (AvgIpc) is 2.55. The number of rotatable bonds is 6. The third-order valence-electron chi connectivity index (χ3n) is 4.03. The first-order valence-electron chi connectivity index (χ1n) is 8.59. The zero-order valence-electron chi connectivity index (χ0n) is 14.2. The second-order valence-corrected chi connectivity index (χ2v) is 6.07. The summed E-state index contributed by atoms with van der Waals surface area (Å²) in [7, 11) is 0. The number of aliphatic hydroxyl groups excluding tert-OH is 1. The standard InChI is InChI=1S/C18H29N3O2/c1-3-19-18(21-15-6-8-16(22)9-7-15)20-12-13-23-17-10-4-14(2)5-11-17/h4-5,10-11,15-16,22H,3,6-9,12-13H2,1-2H3,(H2,19,20,21). The van der Waals surface area contributed by atoms with Gasteiger partial charge in [-0.2, -0.15) is 0 Å². The second kappa shape index (κ2) is 9.40. The van der Waals surface area contributed by atoms with Gasteiger partial charge in [0, 0.05) is 12.6 Å². The average molecular weight is 319 g/mol. The highest BCUT2D eigenvalue weighted by atomic mass is 16.5. The first kappa shape index (κ1) is 17.6. The molecule has 0 unspecified atom stereocenters. The third-order valence-corrected chi connectivity index (χ3v) is 4.03. The number of guanidine groups is 1. The molecule has 128 valence electrons. The summed E-state index contributed by atoms with van der Waals surface area (Å²) in [5.41, 5.74) is 1.23. The van der Waals surface area contributed by atoms with Crippen LogP contribution in [-0.4, -0.2) is 42.9 Å². The van der Waals surface area contributed by atoms with Crippen molar-refractivity contribution >= 4 is 5.96 Å². The fourth-order valence-electron chi connectivity index (χ4n) is 2.69. The number of aliphatic hydroxyl groups is 1. The van der Waals surface area contributed by atoms with Crippen LogP contribution in [0, 0.1) is 6.92 Å². The quantitative estimate of drug-likeness (QED) is 0.427. The van der Waals surface area contributed by atoms with Gasteiger partial charge in [0.1, 0.15) is 12.4 Å². The smallest absolute Gasteiger partial charge is 0.191 e. The van der Waals surface area contributed by atoms with Crippen molar-refractivity contribution in [3.63, 3.8) is 0 Å². The lowest BCUT2D eigenvalue weighted by atomic mass is 9.93. The Morgan fingerprint density at radius 3 is 2.57 bits per heavy atom. The maximum absolute atomic E-state index is 9.57. The van der Waals surface area contributed by atoms with Crippen LogP contribution in [0.2, 0.25) is 0 Å². The summed E-state index contributed by atoms with van der Waals surface area (Å²) >= 11 is 0. The van der Waals surface area contributed by atoms with Gasteiger partial charge in [0.25, 0.3) is 0 Å². The van der Waals surface area contributed by atoms with Gasteiger partial charge in [0.15, 0.2) is 5.96 Å². The number of aliphatic imine (C=N–C) groups is 1. The molecule has 0 radical (unpaired) electrons. The van der Waals surface area contributed by atoms with Crippen LogP contribution in [0.3, 0.4) is 0 Å². The normalized spacial score (nSPS) is 21.8. The second-order valence-electron chi connectivity index (χ2n) is 6.07. The Labute approximate surface area is 139 Å². The molecular formula is C18H29N3O2. The monoisotopic (exact) mass is 319 g/mol. The number of nitrogens with zero attached hydrogens (tertiary/aromatic N) is 1. The summed E-state index contributed by atoms with van der Waals surface area (Å²) < 4.78 is 5.70. The summed E-state index contributed by atoms with van der Waals surface area (Å²) in [6.07, 6.45) is 3.59. The van der Waals surface area contributed by atoms with E-state index in [0.717, 1.165) is 43.9 Å². The van der Waals surface area contributed by atoms with Crippen LogP contribution >= 0.6 is 0 Å². The van der Waals surface area contributed by atoms with Gasteiger partial charge >= 0.3 is 0 Å². The van der Waals surface area contributed by atoms with E-state index >= 15 is 0 Å². The van der Waals surface area contributed by atoms with Gasteiger partial charge in [0.2, 0.25) is 0 Å². The molecule has 1 aromatic rings. The molecule has 1 aliphatic carbocycles. The van der Waals surface area contributed by atoms with Crippen molar-refractivity contribution < 1.29 is 9.84 Å². The van der Waals surface area contributed by atoms with Crippen LogP contribution in [-0.2, 0) is 0 Å². The molecule has 2 rings (SSSR count). The third kappa shape index (κ3) is 6.48. The number of aryl methyl sites for hydroxylation is 1. The highest BCUT2D eigenvalue weighted by Crippen LogP contribution is 2.18. The molecule has 1 aliphatic rings. The lowest BCUT2D eigenvalue weighted by Crippen LogP contribution is -2.45. The Bertz CT molecular complexity index is 480. The van der Waals surface area contributed by atoms with E-state index in [4.69, 9.17) is 4.74 Å². The molecule has 0 aromatic heterocycles. The largest absolute Gasteiger partial charge is 0.492 e. The predicted molar refractivity (Wildman–Crippen MR) is 94.1 cm³/mol. The summed E-state index contributed by atoms with van der Waals surface area (Å²) in [6, 6.07) is 8.45. The first-order valence-corrected chi connectivity index (χ1v) is 8.59. The molecule has 5 nitrogen and oxygen atoms in total. The Morgan fingerprint density at radius 2 is 1.91 bits per heavy atom. The molecule has 1 aromatic carbocycles. The van der Waals surface area contributed by atoms with E-state index in [2.05, 4.69) is 29.5 Å². The Kier molecular flexibility index (Phi) is 7.20. The highest BCUT2D eigenvalue weighted by molar-refractivity contribution is 5.80. The number of hydrogen-bond acceptors (Lipinski definition) is 3. The molecule has 0 atom stereocenters. The molecule has 5 heteroatoms. The fraction of sp³-hybridized carbons (Fsp3) is 0.611. The van der Waals surface area contributed by atoms with Crippen LogP contribution in [0.25, 0.3) is 0 Å². The minimum absolute atomic E-state index is 0.129. The van der Waals surface area contributed by atoms with Crippen molar-refractivity contribution in [2.24, 2.45) is 4.99 Å².